The number of carbonyl (C=O) groups is 2. The summed E-state index contributed by atoms with van der Waals surface area (Å²) in [6.45, 7) is 1.39. The Morgan fingerprint density at radius 3 is 2.26 bits per heavy atom. The van der Waals surface area contributed by atoms with Crippen LogP contribution in [0, 0.1) is 0 Å². The van der Waals surface area contributed by atoms with E-state index < -0.39 is 11.9 Å². The molecule has 1 aromatic carbocycles. The lowest BCUT2D eigenvalue weighted by molar-refractivity contribution is -0.159. The molecule has 0 fully saturated rings. The van der Waals surface area contributed by atoms with Crippen molar-refractivity contribution in [2.24, 2.45) is 0 Å². The molecule has 0 atom stereocenters. The Bertz CT molecular complexity index is 427. The Balaban J connectivity index is 0.000000459. The minimum atomic E-state index is -1.82. The maximum absolute atomic E-state index is 9.10. The third-order valence-electron chi connectivity index (χ3n) is 1.69. The van der Waals surface area contributed by atoms with Crippen LogP contribution in [0.2, 0.25) is 10.0 Å². The standard InChI is InChI=1S/C9H11Cl2NO.C2H2O4/c1-12-4-5-13-9-3-2-7(10)6-8(9)11;3-1(4)2(5)6/h2-3,6,12H,4-5H2,1H3;(H,3,4)(H,5,6). The van der Waals surface area contributed by atoms with Crippen molar-refractivity contribution in [2.75, 3.05) is 20.2 Å². The van der Waals surface area contributed by atoms with Crippen LogP contribution in [0.1, 0.15) is 0 Å². The quantitative estimate of drug-likeness (QED) is 0.579. The van der Waals surface area contributed by atoms with Crippen LogP contribution in [0.25, 0.3) is 0 Å². The minimum Gasteiger partial charge on any atom is -0.491 e. The molecule has 3 N–H and O–H groups in total. The minimum absolute atomic E-state index is 0.545. The van der Waals surface area contributed by atoms with Gasteiger partial charge in [-0.2, -0.15) is 0 Å². The van der Waals surface area contributed by atoms with Crippen molar-refractivity contribution in [3.05, 3.63) is 28.2 Å². The average Bonchev–Trinajstić information content (AvgIpc) is 2.33. The largest absolute Gasteiger partial charge is 0.491 e. The Morgan fingerprint density at radius 1 is 1.26 bits per heavy atom. The first-order valence-electron chi connectivity index (χ1n) is 5.07. The van der Waals surface area contributed by atoms with Crippen LogP contribution in [-0.2, 0) is 9.59 Å². The summed E-state index contributed by atoms with van der Waals surface area (Å²) in [7, 11) is 1.87. The topological polar surface area (TPSA) is 95.9 Å². The normalized spacial score (nSPS) is 9.21. The Morgan fingerprint density at radius 2 is 1.84 bits per heavy atom. The molecule has 0 heterocycles. The molecule has 0 unspecified atom stereocenters. The summed E-state index contributed by atoms with van der Waals surface area (Å²) >= 11 is 11.6. The number of nitrogens with one attached hydrogen (secondary N) is 1. The highest BCUT2D eigenvalue weighted by molar-refractivity contribution is 6.35. The van der Waals surface area contributed by atoms with Crippen molar-refractivity contribution in [1.82, 2.24) is 5.32 Å². The fourth-order valence-electron chi connectivity index (χ4n) is 0.855. The fraction of sp³-hybridized carbons (Fsp3) is 0.273. The van der Waals surface area contributed by atoms with E-state index in [1.807, 2.05) is 7.05 Å². The highest BCUT2D eigenvalue weighted by Crippen LogP contribution is 2.27. The monoisotopic (exact) mass is 309 g/mol. The van der Waals surface area contributed by atoms with Crippen molar-refractivity contribution < 1.29 is 24.5 Å². The number of aliphatic carboxylic acids is 2. The molecule has 8 heteroatoms. The Hall–Kier alpha value is -1.50. The zero-order valence-corrected chi connectivity index (χ0v) is 11.5. The van der Waals surface area contributed by atoms with E-state index in [0.717, 1.165) is 6.54 Å². The number of rotatable bonds is 4. The lowest BCUT2D eigenvalue weighted by atomic mass is 10.3. The van der Waals surface area contributed by atoms with E-state index in [1.54, 1.807) is 18.2 Å². The SMILES string of the molecule is CNCCOc1ccc(Cl)cc1Cl.O=C(O)C(=O)O. The van der Waals surface area contributed by atoms with E-state index in [0.29, 0.717) is 22.4 Å². The predicted molar refractivity (Wildman–Crippen MR) is 71.2 cm³/mol. The summed E-state index contributed by atoms with van der Waals surface area (Å²) in [6, 6.07) is 5.18. The predicted octanol–water partition coefficient (Wildman–Crippen LogP) is 1.75. The maximum atomic E-state index is 9.10. The van der Waals surface area contributed by atoms with Gasteiger partial charge in [-0.05, 0) is 25.2 Å². The first-order chi connectivity index (χ1) is 8.88. The van der Waals surface area contributed by atoms with Crippen LogP contribution in [0.5, 0.6) is 5.75 Å². The summed E-state index contributed by atoms with van der Waals surface area (Å²) in [6.07, 6.45) is 0. The molecule has 0 saturated heterocycles. The first kappa shape index (κ1) is 17.5. The molecule has 0 saturated carbocycles. The first-order valence-corrected chi connectivity index (χ1v) is 5.82. The molecular weight excluding hydrogens is 297 g/mol. The number of likely N-dealkylation sites (N-methyl/N-ethyl adjacent to an activating group) is 1. The van der Waals surface area contributed by atoms with E-state index in [-0.39, 0.29) is 0 Å². The van der Waals surface area contributed by atoms with Crippen LogP contribution in [0.3, 0.4) is 0 Å². The van der Waals surface area contributed by atoms with E-state index in [4.69, 9.17) is 47.7 Å². The highest BCUT2D eigenvalue weighted by atomic mass is 35.5. The van der Waals surface area contributed by atoms with Crippen molar-refractivity contribution in [1.29, 1.82) is 0 Å². The molecule has 19 heavy (non-hydrogen) atoms. The molecular formula is C11H13Cl2NO5. The van der Waals surface area contributed by atoms with Crippen LogP contribution in [0.15, 0.2) is 18.2 Å². The maximum Gasteiger partial charge on any atom is 0.414 e. The molecule has 0 spiro atoms. The summed E-state index contributed by atoms with van der Waals surface area (Å²) < 4.78 is 5.38. The van der Waals surface area contributed by atoms with Gasteiger partial charge in [-0.15, -0.1) is 0 Å². The number of hydrogen-bond donors (Lipinski definition) is 3. The number of benzene rings is 1. The number of carboxylic acid groups (broad SMARTS) is 2. The molecule has 1 aromatic rings. The van der Waals surface area contributed by atoms with Crippen LogP contribution in [0.4, 0.5) is 0 Å². The van der Waals surface area contributed by atoms with Gasteiger partial charge in [0.1, 0.15) is 12.4 Å². The van der Waals surface area contributed by atoms with Gasteiger partial charge in [0.15, 0.2) is 0 Å². The van der Waals surface area contributed by atoms with Gasteiger partial charge < -0.3 is 20.3 Å². The second kappa shape index (κ2) is 9.43. The summed E-state index contributed by atoms with van der Waals surface area (Å²) in [5.74, 6) is -2.98. The van der Waals surface area contributed by atoms with Crippen molar-refractivity contribution in [3.8, 4) is 5.75 Å². The van der Waals surface area contributed by atoms with Gasteiger partial charge in [0.2, 0.25) is 0 Å². The molecule has 6 nitrogen and oxygen atoms in total. The van der Waals surface area contributed by atoms with Crippen LogP contribution < -0.4 is 10.1 Å². The highest BCUT2D eigenvalue weighted by Gasteiger charge is 2.04. The summed E-state index contributed by atoms with van der Waals surface area (Å²) in [5, 5.41) is 18.9. The average molecular weight is 310 g/mol. The van der Waals surface area contributed by atoms with Crippen molar-refractivity contribution in [2.45, 2.75) is 0 Å². The molecule has 0 amide bonds. The lowest BCUT2D eigenvalue weighted by Crippen LogP contribution is -2.15. The fourth-order valence-corrected chi connectivity index (χ4v) is 1.32. The van der Waals surface area contributed by atoms with E-state index in [2.05, 4.69) is 5.32 Å². The number of carboxylic acids is 2. The number of hydrogen-bond acceptors (Lipinski definition) is 4. The van der Waals surface area contributed by atoms with Gasteiger partial charge in [-0.25, -0.2) is 9.59 Å². The third kappa shape index (κ3) is 8.25. The van der Waals surface area contributed by atoms with Crippen molar-refractivity contribution in [3.63, 3.8) is 0 Å². The smallest absolute Gasteiger partial charge is 0.414 e. The molecule has 0 aliphatic heterocycles. The van der Waals surface area contributed by atoms with Gasteiger partial charge in [0.25, 0.3) is 0 Å². The molecule has 0 aromatic heterocycles. The molecule has 0 aliphatic carbocycles. The Kier molecular flexibility index (Phi) is 8.69. The second-order valence-corrected chi connectivity index (χ2v) is 3.98. The molecule has 1 rings (SSSR count). The van der Waals surface area contributed by atoms with E-state index in [1.165, 1.54) is 0 Å². The van der Waals surface area contributed by atoms with Gasteiger partial charge in [-0.3, -0.25) is 0 Å². The van der Waals surface area contributed by atoms with Gasteiger partial charge in [0.05, 0.1) is 5.02 Å². The third-order valence-corrected chi connectivity index (χ3v) is 2.22. The van der Waals surface area contributed by atoms with Gasteiger partial charge in [-0.1, -0.05) is 23.2 Å². The lowest BCUT2D eigenvalue weighted by Gasteiger charge is -2.07. The summed E-state index contributed by atoms with van der Waals surface area (Å²) in [5.41, 5.74) is 0. The zero-order chi connectivity index (χ0) is 14.8. The van der Waals surface area contributed by atoms with Crippen molar-refractivity contribution >= 4 is 35.1 Å². The molecule has 0 bridgehead atoms. The van der Waals surface area contributed by atoms with E-state index >= 15 is 0 Å². The Labute approximate surface area is 119 Å². The van der Waals surface area contributed by atoms with Gasteiger partial charge >= 0.3 is 11.9 Å². The second-order valence-electron chi connectivity index (χ2n) is 3.14. The summed E-state index contributed by atoms with van der Waals surface area (Å²) in [4.78, 5) is 18.2. The van der Waals surface area contributed by atoms with Crippen LogP contribution >= 0.6 is 23.2 Å². The molecule has 0 radical (unpaired) electrons. The molecule has 106 valence electrons. The van der Waals surface area contributed by atoms with E-state index in [9.17, 15) is 0 Å². The number of ether oxygens (including phenoxy) is 1. The van der Waals surface area contributed by atoms with Crippen LogP contribution in [-0.4, -0.2) is 42.4 Å². The molecule has 0 aliphatic rings. The number of halogens is 2. The zero-order valence-electron chi connectivity index (χ0n) is 10.0. The van der Waals surface area contributed by atoms with Gasteiger partial charge in [0, 0.05) is 11.6 Å².